The number of hydrogen-bond donors (Lipinski definition) is 3. The van der Waals surface area contributed by atoms with Crippen molar-refractivity contribution in [1.29, 1.82) is 0 Å². The Hall–Kier alpha value is -1.59. The molecule has 0 bridgehead atoms. The predicted molar refractivity (Wildman–Crippen MR) is 261 cm³/mol. The molecule has 0 heterocycles. The number of carboxylic acids is 3. The molecule has 0 aromatic heterocycles. The van der Waals surface area contributed by atoms with E-state index in [9.17, 15) is 14.4 Å². The second kappa shape index (κ2) is 57.4. The maximum atomic E-state index is 10.3. The molecule has 6 heteroatoms. The molecule has 0 aromatic rings. The van der Waals surface area contributed by atoms with Gasteiger partial charge in [-0.15, -0.1) is 0 Å². The quantitative estimate of drug-likeness (QED) is 0.0526. The van der Waals surface area contributed by atoms with Gasteiger partial charge in [-0.05, 0) is 25.2 Å². The van der Waals surface area contributed by atoms with E-state index >= 15 is 0 Å². The lowest BCUT2D eigenvalue weighted by molar-refractivity contribution is -0.138. The zero-order chi connectivity index (χ0) is 44.8. The lowest BCUT2D eigenvalue weighted by Gasteiger charge is -2.04. The van der Waals surface area contributed by atoms with E-state index < -0.39 is 17.9 Å². The minimum absolute atomic E-state index is 0.344. The molecule has 0 amide bonds. The molecule has 6 nitrogen and oxygen atoms in total. The topological polar surface area (TPSA) is 112 Å². The van der Waals surface area contributed by atoms with Crippen molar-refractivity contribution in [2.45, 2.75) is 323 Å². The highest BCUT2D eigenvalue weighted by molar-refractivity contribution is 5.67. The number of aliphatic carboxylic acids is 3. The molecule has 0 aliphatic carbocycles. The van der Waals surface area contributed by atoms with Crippen LogP contribution in [-0.2, 0) is 14.4 Å². The standard InChI is InChI=1S/3C18H36O2/c1-17(2)15-13-11-9-7-5-3-4-6-8-10-12-14-16-18(19)20;2*1-2-3-4-5-6-7-8-9-10-11-12-13-14-15-16-17-18(19)20/h17H,3-16H2,1-2H3,(H,19,20);2*2-17H2,1H3,(H,19,20). The van der Waals surface area contributed by atoms with Crippen LogP contribution in [0.1, 0.15) is 323 Å². The largest absolute Gasteiger partial charge is 0.481 e. The molecule has 0 rings (SSSR count). The first-order valence-corrected chi connectivity index (χ1v) is 26.8. The molecular formula is C54H108O6. The van der Waals surface area contributed by atoms with Crippen LogP contribution in [0.3, 0.4) is 0 Å². The Kier molecular flexibility index (Phi) is 60.0. The van der Waals surface area contributed by atoms with Crippen LogP contribution in [0.2, 0.25) is 0 Å². The fraction of sp³-hybridized carbons (Fsp3) is 0.944. The van der Waals surface area contributed by atoms with Crippen LogP contribution >= 0.6 is 0 Å². The van der Waals surface area contributed by atoms with Gasteiger partial charge in [0, 0.05) is 19.3 Å². The third-order valence-corrected chi connectivity index (χ3v) is 11.9. The summed E-state index contributed by atoms with van der Waals surface area (Å²) in [5, 5.41) is 25.6. The smallest absolute Gasteiger partial charge is 0.303 e. The second-order valence-electron chi connectivity index (χ2n) is 18.8. The Morgan fingerprint density at radius 3 is 0.567 bits per heavy atom. The van der Waals surface area contributed by atoms with Crippen molar-refractivity contribution in [3.63, 3.8) is 0 Å². The third kappa shape index (κ3) is 70.9. The van der Waals surface area contributed by atoms with Crippen LogP contribution in [0, 0.1) is 5.92 Å². The Bertz CT molecular complexity index is 783. The van der Waals surface area contributed by atoms with Crippen molar-refractivity contribution < 1.29 is 29.7 Å². The molecule has 60 heavy (non-hydrogen) atoms. The molecule has 0 saturated carbocycles. The highest BCUT2D eigenvalue weighted by Gasteiger charge is 2.00. The Balaban J connectivity index is -0.000000812. The monoisotopic (exact) mass is 853 g/mol. The normalized spacial score (nSPS) is 10.9. The lowest BCUT2D eigenvalue weighted by atomic mass is 10.0. The van der Waals surface area contributed by atoms with E-state index in [-0.39, 0.29) is 0 Å². The first kappa shape index (κ1) is 62.7. The summed E-state index contributed by atoms with van der Waals surface area (Å²) >= 11 is 0. The predicted octanol–water partition coefficient (Wildman–Crippen LogP) is 18.9. The Morgan fingerprint density at radius 1 is 0.267 bits per heavy atom. The van der Waals surface area contributed by atoms with E-state index in [2.05, 4.69) is 27.7 Å². The summed E-state index contributed by atoms with van der Waals surface area (Å²) in [6.45, 7) is 9.15. The Labute approximate surface area is 375 Å². The van der Waals surface area contributed by atoms with E-state index in [0.29, 0.717) is 19.3 Å². The molecule has 0 aromatic carbocycles. The summed E-state index contributed by atoms with van der Waals surface area (Å²) in [6.07, 6.45) is 57.7. The molecule has 0 spiro atoms. The van der Waals surface area contributed by atoms with E-state index in [0.717, 1.165) is 44.4 Å². The van der Waals surface area contributed by atoms with E-state index in [1.165, 1.54) is 238 Å². The van der Waals surface area contributed by atoms with Crippen molar-refractivity contribution in [1.82, 2.24) is 0 Å². The van der Waals surface area contributed by atoms with Crippen molar-refractivity contribution >= 4 is 17.9 Å². The molecule has 3 N–H and O–H groups in total. The molecule has 0 atom stereocenters. The van der Waals surface area contributed by atoms with Gasteiger partial charge in [0.05, 0.1) is 0 Å². The summed E-state index contributed by atoms with van der Waals surface area (Å²) in [7, 11) is 0. The molecule has 0 saturated heterocycles. The van der Waals surface area contributed by atoms with Gasteiger partial charge < -0.3 is 15.3 Å². The van der Waals surface area contributed by atoms with Crippen LogP contribution in [0.15, 0.2) is 0 Å². The fourth-order valence-corrected chi connectivity index (χ4v) is 7.89. The number of carboxylic acid groups (broad SMARTS) is 3. The summed E-state index contributed by atoms with van der Waals surface area (Å²) in [5.41, 5.74) is 0. The van der Waals surface area contributed by atoms with Crippen molar-refractivity contribution in [2.75, 3.05) is 0 Å². The van der Waals surface area contributed by atoms with Gasteiger partial charge >= 0.3 is 17.9 Å². The van der Waals surface area contributed by atoms with Crippen LogP contribution in [-0.4, -0.2) is 33.2 Å². The first-order chi connectivity index (χ1) is 29.2. The van der Waals surface area contributed by atoms with Crippen LogP contribution < -0.4 is 0 Å². The van der Waals surface area contributed by atoms with Crippen LogP contribution in [0.4, 0.5) is 0 Å². The van der Waals surface area contributed by atoms with Crippen molar-refractivity contribution in [3.05, 3.63) is 0 Å². The van der Waals surface area contributed by atoms with Crippen molar-refractivity contribution in [3.8, 4) is 0 Å². The SMILES string of the molecule is CC(C)CCCCCCCCCCCCCCC(=O)O.CCCCCCCCCCCCCCCCCC(=O)O.CCCCCCCCCCCCCCCCCC(=O)O. The minimum Gasteiger partial charge on any atom is -0.481 e. The molecule has 0 fully saturated rings. The van der Waals surface area contributed by atoms with Gasteiger partial charge in [0.15, 0.2) is 0 Å². The van der Waals surface area contributed by atoms with Gasteiger partial charge in [-0.1, -0.05) is 285 Å². The molecule has 0 radical (unpaired) electrons. The zero-order valence-electron chi connectivity index (χ0n) is 41.2. The number of carbonyl (C=O) groups is 3. The van der Waals surface area contributed by atoms with Gasteiger partial charge in [-0.3, -0.25) is 14.4 Å². The average Bonchev–Trinajstić information content (AvgIpc) is 3.21. The van der Waals surface area contributed by atoms with E-state index in [1.807, 2.05) is 0 Å². The second-order valence-corrected chi connectivity index (χ2v) is 18.8. The molecule has 0 aliphatic heterocycles. The van der Waals surface area contributed by atoms with E-state index in [1.54, 1.807) is 0 Å². The summed E-state index contributed by atoms with van der Waals surface area (Å²) in [4.78, 5) is 31.0. The maximum Gasteiger partial charge on any atom is 0.303 e. The highest BCUT2D eigenvalue weighted by atomic mass is 16.4. The highest BCUT2D eigenvalue weighted by Crippen LogP contribution is 2.17. The Morgan fingerprint density at radius 2 is 0.417 bits per heavy atom. The fourth-order valence-electron chi connectivity index (χ4n) is 7.89. The van der Waals surface area contributed by atoms with E-state index in [4.69, 9.17) is 15.3 Å². The van der Waals surface area contributed by atoms with Gasteiger partial charge in [-0.25, -0.2) is 0 Å². The number of unbranched alkanes of at least 4 members (excludes halogenated alkanes) is 39. The van der Waals surface area contributed by atoms with Crippen LogP contribution in [0.25, 0.3) is 0 Å². The van der Waals surface area contributed by atoms with Gasteiger partial charge in [0.2, 0.25) is 0 Å². The number of hydrogen-bond acceptors (Lipinski definition) is 3. The summed E-state index contributed by atoms with van der Waals surface area (Å²) < 4.78 is 0. The maximum absolute atomic E-state index is 10.3. The summed E-state index contributed by atoms with van der Waals surface area (Å²) in [5.74, 6) is -1.09. The number of rotatable bonds is 47. The molecule has 0 aliphatic rings. The zero-order valence-corrected chi connectivity index (χ0v) is 41.2. The third-order valence-electron chi connectivity index (χ3n) is 11.9. The van der Waals surface area contributed by atoms with Crippen LogP contribution in [0.5, 0.6) is 0 Å². The molecule has 0 unspecified atom stereocenters. The van der Waals surface area contributed by atoms with Gasteiger partial charge in [0.25, 0.3) is 0 Å². The molecule has 360 valence electrons. The lowest BCUT2D eigenvalue weighted by Crippen LogP contribution is -1.93. The average molecular weight is 853 g/mol. The first-order valence-electron chi connectivity index (χ1n) is 26.8. The summed E-state index contributed by atoms with van der Waals surface area (Å²) in [6, 6.07) is 0. The van der Waals surface area contributed by atoms with Gasteiger partial charge in [-0.2, -0.15) is 0 Å². The van der Waals surface area contributed by atoms with Crippen molar-refractivity contribution in [2.24, 2.45) is 5.92 Å². The molecular weight excluding hydrogens is 745 g/mol. The minimum atomic E-state index is -0.654. The van der Waals surface area contributed by atoms with Gasteiger partial charge in [0.1, 0.15) is 0 Å².